The van der Waals surface area contributed by atoms with Crippen molar-refractivity contribution in [1.29, 1.82) is 0 Å². The Morgan fingerprint density at radius 1 is 1.11 bits per heavy atom. The lowest BCUT2D eigenvalue weighted by Crippen LogP contribution is -2.26. The monoisotopic (exact) mass is 265 g/mol. The number of aromatic hydroxyl groups is 1. The molecule has 0 aromatic heterocycles. The number of benzene rings is 1. The summed E-state index contributed by atoms with van der Waals surface area (Å²) in [5, 5.41) is 9.51. The molecule has 0 unspecified atom stereocenters. The van der Waals surface area contributed by atoms with Gasteiger partial charge in [-0.25, -0.2) is 0 Å². The van der Waals surface area contributed by atoms with Crippen molar-refractivity contribution in [3.8, 4) is 5.75 Å². The van der Waals surface area contributed by atoms with E-state index in [2.05, 4.69) is 23.8 Å². The molecular weight excluding hydrogens is 238 g/mol. The number of hydrogen-bond acceptors (Lipinski definition) is 4. The fourth-order valence-corrected chi connectivity index (χ4v) is 2.10. The topological polar surface area (TPSA) is 52.7 Å². The maximum absolute atomic E-state index is 9.51. The predicted molar refractivity (Wildman–Crippen MR) is 82.8 cm³/mol. The fourth-order valence-electron chi connectivity index (χ4n) is 2.10. The molecule has 0 aliphatic carbocycles. The number of unbranched alkanes of at least 4 members (excludes halogenated alkanes) is 1. The van der Waals surface area contributed by atoms with E-state index in [1.165, 1.54) is 12.8 Å². The van der Waals surface area contributed by atoms with Crippen LogP contribution >= 0.6 is 0 Å². The normalized spacial score (nSPS) is 10.9. The highest BCUT2D eigenvalue weighted by molar-refractivity contribution is 5.69. The van der Waals surface area contributed by atoms with E-state index in [0.717, 1.165) is 31.7 Å². The molecule has 0 saturated carbocycles. The van der Waals surface area contributed by atoms with Crippen LogP contribution in [-0.2, 0) is 0 Å². The molecule has 4 heteroatoms. The second-order valence-corrected chi connectivity index (χ2v) is 5.18. The van der Waals surface area contributed by atoms with Gasteiger partial charge in [-0.3, -0.25) is 0 Å². The van der Waals surface area contributed by atoms with Crippen LogP contribution in [0.25, 0.3) is 0 Å². The van der Waals surface area contributed by atoms with Crippen LogP contribution in [0.3, 0.4) is 0 Å². The summed E-state index contributed by atoms with van der Waals surface area (Å²) in [7, 11) is 4.18. The number of nitrogens with zero attached hydrogens (tertiary/aromatic N) is 2. The molecule has 4 nitrogen and oxygen atoms in total. The van der Waals surface area contributed by atoms with Crippen molar-refractivity contribution in [3.63, 3.8) is 0 Å². The summed E-state index contributed by atoms with van der Waals surface area (Å²) in [5.74, 6) is 0.260. The Morgan fingerprint density at radius 2 is 1.79 bits per heavy atom. The summed E-state index contributed by atoms with van der Waals surface area (Å²) in [6.07, 6.45) is 3.59. The van der Waals surface area contributed by atoms with Gasteiger partial charge in [0, 0.05) is 19.7 Å². The Balaban J connectivity index is 2.38. The first-order valence-corrected chi connectivity index (χ1v) is 7.02. The molecule has 0 radical (unpaired) electrons. The quantitative estimate of drug-likeness (QED) is 0.560. The third kappa shape index (κ3) is 5.39. The SMILES string of the molecule is CCCCN(C)CCCN(C)c1cc(O)ccc1N. The Kier molecular flexibility index (Phi) is 6.50. The van der Waals surface area contributed by atoms with E-state index in [1.807, 2.05) is 7.05 Å². The molecule has 0 atom stereocenters. The van der Waals surface area contributed by atoms with Crippen LogP contribution in [0.15, 0.2) is 18.2 Å². The zero-order chi connectivity index (χ0) is 14.3. The molecule has 0 aliphatic rings. The maximum atomic E-state index is 9.51. The Hall–Kier alpha value is -1.42. The van der Waals surface area contributed by atoms with Gasteiger partial charge in [-0.15, -0.1) is 0 Å². The average Bonchev–Trinajstić information content (AvgIpc) is 2.39. The van der Waals surface area contributed by atoms with Gasteiger partial charge in [0.25, 0.3) is 0 Å². The van der Waals surface area contributed by atoms with E-state index in [0.29, 0.717) is 5.69 Å². The lowest BCUT2D eigenvalue weighted by atomic mass is 10.2. The van der Waals surface area contributed by atoms with Gasteiger partial charge in [-0.2, -0.15) is 0 Å². The first-order valence-electron chi connectivity index (χ1n) is 7.02. The molecule has 0 heterocycles. The first kappa shape index (κ1) is 15.6. The molecule has 19 heavy (non-hydrogen) atoms. The summed E-state index contributed by atoms with van der Waals surface area (Å²) >= 11 is 0. The fraction of sp³-hybridized carbons (Fsp3) is 0.600. The highest BCUT2D eigenvalue weighted by Crippen LogP contribution is 2.26. The zero-order valence-electron chi connectivity index (χ0n) is 12.4. The van der Waals surface area contributed by atoms with Crippen molar-refractivity contribution < 1.29 is 5.11 Å². The van der Waals surface area contributed by atoms with Gasteiger partial charge in [0.15, 0.2) is 0 Å². The lowest BCUT2D eigenvalue weighted by molar-refractivity contribution is 0.325. The van der Waals surface area contributed by atoms with E-state index in [1.54, 1.807) is 18.2 Å². The predicted octanol–water partition coefficient (Wildman–Crippen LogP) is 2.53. The number of nitrogen functional groups attached to an aromatic ring is 1. The van der Waals surface area contributed by atoms with Gasteiger partial charge in [-0.05, 0) is 45.1 Å². The van der Waals surface area contributed by atoms with E-state index in [-0.39, 0.29) is 5.75 Å². The standard InChI is InChI=1S/C15H27N3O/c1-4-5-9-17(2)10-6-11-18(3)15-12-13(19)7-8-14(15)16/h7-8,12,19H,4-6,9-11,16H2,1-3H3. The van der Waals surface area contributed by atoms with E-state index < -0.39 is 0 Å². The smallest absolute Gasteiger partial charge is 0.117 e. The Morgan fingerprint density at radius 3 is 2.47 bits per heavy atom. The van der Waals surface area contributed by atoms with E-state index in [4.69, 9.17) is 5.73 Å². The van der Waals surface area contributed by atoms with Gasteiger partial charge in [0.2, 0.25) is 0 Å². The van der Waals surface area contributed by atoms with Crippen molar-refractivity contribution in [3.05, 3.63) is 18.2 Å². The maximum Gasteiger partial charge on any atom is 0.117 e. The second-order valence-electron chi connectivity index (χ2n) is 5.18. The second kappa shape index (κ2) is 7.89. The largest absolute Gasteiger partial charge is 0.508 e. The molecule has 0 saturated heterocycles. The summed E-state index contributed by atoms with van der Waals surface area (Å²) < 4.78 is 0. The minimum atomic E-state index is 0.260. The Labute approximate surface area is 116 Å². The third-order valence-corrected chi connectivity index (χ3v) is 3.35. The molecule has 0 bridgehead atoms. The van der Waals surface area contributed by atoms with Crippen LogP contribution in [0.4, 0.5) is 11.4 Å². The Bertz CT molecular complexity index is 382. The van der Waals surface area contributed by atoms with Crippen LogP contribution in [0.2, 0.25) is 0 Å². The number of phenolic OH excluding ortho intramolecular Hbond substituents is 1. The molecular formula is C15H27N3O. The van der Waals surface area contributed by atoms with Gasteiger partial charge < -0.3 is 20.6 Å². The van der Waals surface area contributed by atoms with Crippen molar-refractivity contribution >= 4 is 11.4 Å². The lowest BCUT2D eigenvalue weighted by Gasteiger charge is -2.23. The number of nitrogens with two attached hydrogens (primary N) is 1. The van der Waals surface area contributed by atoms with E-state index >= 15 is 0 Å². The molecule has 0 fully saturated rings. The number of rotatable bonds is 8. The van der Waals surface area contributed by atoms with Crippen molar-refractivity contribution in [1.82, 2.24) is 4.90 Å². The molecule has 1 rings (SSSR count). The van der Waals surface area contributed by atoms with Gasteiger partial charge in [0.05, 0.1) is 11.4 Å². The molecule has 0 aliphatic heterocycles. The van der Waals surface area contributed by atoms with Crippen LogP contribution in [0.1, 0.15) is 26.2 Å². The van der Waals surface area contributed by atoms with Crippen molar-refractivity contribution in [2.45, 2.75) is 26.2 Å². The summed E-state index contributed by atoms with van der Waals surface area (Å²) in [6.45, 7) is 5.40. The molecule has 1 aromatic rings. The highest BCUT2D eigenvalue weighted by Gasteiger charge is 2.06. The summed E-state index contributed by atoms with van der Waals surface area (Å²) in [4.78, 5) is 4.46. The van der Waals surface area contributed by atoms with Crippen LogP contribution in [0.5, 0.6) is 5.75 Å². The minimum Gasteiger partial charge on any atom is -0.508 e. The zero-order valence-corrected chi connectivity index (χ0v) is 12.4. The van der Waals surface area contributed by atoms with Crippen LogP contribution in [-0.4, -0.2) is 43.7 Å². The average molecular weight is 265 g/mol. The number of hydrogen-bond donors (Lipinski definition) is 2. The summed E-state index contributed by atoms with van der Waals surface area (Å²) in [6, 6.07) is 5.08. The highest BCUT2D eigenvalue weighted by atomic mass is 16.3. The van der Waals surface area contributed by atoms with Crippen molar-refractivity contribution in [2.75, 3.05) is 44.4 Å². The number of anilines is 2. The minimum absolute atomic E-state index is 0.260. The first-order chi connectivity index (χ1) is 9.04. The molecule has 1 aromatic carbocycles. The number of phenols is 1. The van der Waals surface area contributed by atoms with Crippen molar-refractivity contribution in [2.24, 2.45) is 0 Å². The molecule has 3 N–H and O–H groups in total. The van der Waals surface area contributed by atoms with Gasteiger partial charge >= 0.3 is 0 Å². The van der Waals surface area contributed by atoms with Crippen LogP contribution in [0, 0.1) is 0 Å². The third-order valence-electron chi connectivity index (χ3n) is 3.35. The molecule has 0 amide bonds. The van der Waals surface area contributed by atoms with E-state index in [9.17, 15) is 5.11 Å². The van der Waals surface area contributed by atoms with Gasteiger partial charge in [-0.1, -0.05) is 13.3 Å². The summed E-state index contributed by atoms with van der Waals surface area (Å²) in [5.41, 5.74) is 7.53. The molecule has 0 spiro atoms. The van der Waals surface area contributed by atoms with Gasteiger partial charge in [0.1, 0.15) is 5.75 Å². The molecule has 108 valence electrons. The van der Waals surface area contributed by atoms with Crippen LogP contribution < -0.4 is 10.6 Å².